The van der Waals surface area contributed by atoms with Crippen LogP contribution in [0, 0.1) is 0 Å². The number of fused-ring (bicyclic) bond motifs is 1. The molecule has 3 nitrogen and oxygen atoms in total. The van der Waals surface area contributed by atoms with Crippen molar-refractivity contribution in [3.8, 4) is 0 Å². The highest BCUT2D eigenvalue weighted by molar-refractivity contribution is 5.88. The fourth-order valence-corrected chi connectivity index (χ4v) is 1.81. The lowest BCUT2D eigenvalue weighted by Gasteiger charge is -1.93. The molecule has 14 heavy (non-hydrogen) atoms. The quantitative estimate of drug-likeness (QED) is 0.731. The molecule has 1 fully saturated rings. The van der Waals surface area contributed by atoms with Gasteiger partial charge in [-0.1, -0.05) is 12.1 Å². The number of carbonyl (C=O) groups excluding carboxylic acids is 1. The zero-order valence-corrected chi connectivity index (χ0v) is 7.66. The molecule has 1 heterocycles. The van der Waals surface area contributed by atoms with Crippen LogP contribution in [0.2, 0.25) is 0 Å². The molecule has 70 valence electrons. The van der Waals surface area contributed by atoms with Gasteiger partial charge in [0.05, 0.1) is 5.52 Å². The fraction of sp³-hybridized carbons (Fsp3) is 0.273. The molecule has 1 aliphatic carbocycles. The van der Waals surface area contributed by atoms with Gasteiger partial charge in [0, 0.05) is 22.6 Å². The van der Waals surface area contributed by atoms with Crippen molar-refractivity contribution in [2.45, 2.75) is 18.8 Å². The Morgan fingerprint density at radius 1 is 1.43 bits per heavy atom. The van der Waals surface area contributed by atoms with Gasteiger partial charge in [-0.25, -0.2) is 0 Å². The Kier molecular flexibility index (Phi) is 1.48. The molecule has 1 N–H and O–H groups in total. The average molecular weight is 186 g/mol. The molecule has 0 spiro atoms. The van der Waals surface area contributed by atoms with E-state index < -0.39 is 0 Å². The molecule has 1 aromatic carbocycles. The Hall–Kier alpha value is -1.64. The normalized spacial score (nSPS) is 16.0. The first-order valence-electron chi connectivity index (χ1n) is 4.81. The van der Waals surface area contributed by atoms with Gasteiger partial charge in [-0.3, -0.25) is 9.89 Å². The van der Waals surface area contributed by atoms with Crippen LogP contribution in [0.15, 0.2) is 18.2 Å². The van der Waals surface area contributed by atoms with Crippen LogP contribution in [-0.4, -0.2) is 16.5 Å². The van der Waals surface area contributed by atoms with Crippen LogP contribution in [0.4, 0.5) is 0 Å². The average Bonchev–Trinajstić information content (AvgIpc) is 2.98. The molecule has 1 aromatic heterocycles. The summed E-state index contributed by atoms with van der Waals surface area (Å²) in [5, 5.41) is 8.43. The second-order valence-electron chi connectivity index (χ2n) is 3.81. The predicted molar refractivity (Wildman–Crippen MR) is 53.5 cm³/mol. The van der Waals surface area contributed by atoms with E-state index in [1.54, 1.807) is 0 Å². The molecule has 0 radical (unpaired) electrons. The van der Waals surface area contributed by atoms with Crippen LogP contribution in [0.1, 0.15) is 34.8 Å². The molecular formula is C11H10N2O. The summed E-state index contributed by atoms with van der Waals surface area (Å²) in [6, 6.07) is 5.65. The van der Waals surface area contributed by atoms with E-state index in [0.717, 1.165) is 17.2 Å². The van der Waals surface area contributed by atoms with Crippen LogP contribution in [0.5, 0.6) is 0 Å². The Morgan fingerprint density at radius 3 is 3.00 bits per heavy atom. The van der Waals surface area contributed by atoms with Crippen molar-refractivity contribution in [1.29, 1.82) is 0 Å². The zero-order valence-electron chi connectivity index (χ0n) is 7.66. The number of nitrogens with zero attached hydrogens (tertiary/aromatic N) is 1. The second-order valence-corrected chi connectivity index (χ2v) is 3.81. The zero-order chi connectivity index (χ0) is 9.54. The minimum absolute atomic E-state index is 0.669. The molecule has 0 saturated heterocycles. The van der Waals surface area contributed by atoms with E-state index in [1.807, 2.05) is 18.2 Å². The van der Waals surface area contributed by atoms with E-state index in [4.69, 9.17) is 0 Å². The maximum Gasteiger partial charge on any atom is 0.150 e. The lowest BCUT2D eigenvalue weighted by molar-refractivity contribution is 0.112. The van der Waals surface area contributed by atoms with Crippen molar-refractivity contribution in [3.63, 3.8) is 0 Å². The molecule has 1 aliphatic rings. The second kappa shape index (κ2) is 2.67. The van der Waals surface area contributed by atoms with Crippen molar-refractivity contribution >= 4 is 17.2 Å². The largest absolute Gasteiger partial charge is 0.298 e. The van der Waals surface area contributed by atoms with E-state index in [-0.39, 0.29) is 0 Å². The maximum absolute atomic E-state index is 10.6. The third kappa shape index (κ3) is 1.05. The van der Waals surface area contributed by atoms with Crippen molar-refractivity contribution in [3.05, 3.63) is 29.5 Å². The van der Waals surface area contributed by atoms with E-state index in [1.165, 1.54) is 18.5 Å². The van der Waals surface area contributed by atoms with Gasteiger partial charge in [0.1, 0.15) is 6.29 Å². The summed E-state index contributed by atoms with van der Waals surface area (Å²) in [5.41, 5.74) is 2.82. The molecule has 0 amide bonds. The minimum Gasteiger partial charge on any atom is -0.298 e. The Labute approximate surface area is 81.1 Å². The van der Waals surface area contributed by atoms with E-state index in [2.05, 4.69) is 10.2 Å². The summed E-state index contributed by atoms with van der Waals surface area (Å²) in [7, 11) is 0. The third-order valence-electron chi connectivity index (χ3n) is 2.73. The monoisotopic (exact) mass is 186 g/mol. The van der Waals surface area contributed by atoms with Gasteiger partial charge >= 0.3 is 0 Å². The van der Waals surface area contributed by atoms with E-state index in [0.29, 0.717) is 11.5 Å². The number of rotatable bonds is 2. The fourth-order valence-electron chi connectivity index (χ4n) is 1.81. The minimum atomic E-state index is 0.669. The summed E-state index contributed by atoms with van der Waals surface area (Å²) >= 11 is 0. The highest BCUT2D eigenvalue weighted by Crippen LogP contribution is 2.41. The van der Waals surface area contributed by atoms with E-state index >= 15 is 0 Å². The number of H-pyrrole nitrogens is 1. The highest BCUT2D eigenvalue weighted by atomic mass is 16.1. The predicted octanol–water partition coefficient (Wildman–Crippen LogP) is 2.25. The van der Waals surface area contributed by atoms with Crippen molar-refractivity contribution in [1.82, 2.24) is 10.2 Å². The molecule has 0 aliphatic heterocycles. The lowest BCUT2D eigenvalue weighted by Crippen LogP contribution is -1.80. The van der Waals surface area contributed by atoms with Gasteiger partial charge in [0.2, 0.25) is 0 Å². The molecule has 0 atom stereocenters. The number of hydrogen-bond donors (Lipinski definition) is 1. The van der Waals surface area contributed by atoms with Gasteiger partial charge in [-0.2, -0.15) is 5.10 Å². The van der Waals surface area contributed by atoms with Crippen LogP contribution < -0.4 is 0 Å². The summed E-state index contributed by atoms with van der Waals surface area (Å²) in [6.45, 7) is 0. The number of aromatic nitrogens is 2. The smallest absolute Gasteiger partial charge is 0.150 e. The summed E-state index contributed by atoms with van der Waals surface area (Å²) in [5.74, 6) is 0.669. The van der Waals surface area contributed by atoms with E-state index in [9.17, 15) is 4.79 Å². The third-order valence-corrected chi connectivity index (χ3v) is 2.73. The Balaban J connectivity index is 2.21. The number of aldehydes is 1. The van der Waals surface area contributed by atoms with Crippen molar-refractivity contribution in [2.75, 3.05) is 0 Å². The molecule has 0 bridgehead atoms. The molecule has 3 heteroatoms. The lowest BCUT2D eigenvalue weighted by atomic mass is 10.1. The number of benzene rings is 1. The Morgan fingerprint density at radius 2 is 2.29 bits per heavy atom. The molecule has 2 aromatic rings. The molecule has 0 unspecified atom stereocenters. The molecule has 1 saturated carbocycles. The summed E-state index contributed by atoms with van der Waals surface area (Å²) in [4.78, 5) is 10.6. The van der Waals surface area contributed by atoms with Crippen LogP contribution in [-0.2, 0) is 0 Å². The topological polar surface area (TPSA) is 45.8 Å². The first-order valence-corrected chi connectivity index (χ1v) is 4.81. The standard InChI is InChI=1S/C11H10N2O/c14-6-7-1-4-9-10(5-7)12-13-11(9)8-2-3-8/h1,4-6,8H,2-3H2,(H,12,13). The molecular weight excluding hydrogens is 176 g/mol. The van der Waals surface area contributed by atoms with Crippen LogP contribution in [0.25, 0.3) is 10.9 Å². The summed E-state index contributed by atoms with van der Waals surface area (Å²) in [6.07, 6.45) is 3.37. The van der Waals surface area contributed by atoms with Crippen LogP contribution in [0.3, 0.4) is 0 Å². The van der Waals surface area contributed by atoms with Crippen molar-refractivity contribution in [2.24, 2.45) is 0 Å². The summed E-state index contributed by atoms with van der Waals surface area (Å²) < 4.78 is 0. The molecule has 3 rings (SSSR count). The van der Waals surface area contributed by atoms with Crippen LogP contribution >= 0.6 is 0 Å². The number of hydrogen-bond acceptors (Lipinski definition) is 2. The van der Waals surface area contributed by atoms with Gasteiger partial charge in [0.15, 0.2) is 0 Å². The van der Waals surface area contributed by atoms with Gasteiger partial charge in [-0.15, -0.1) is 0 Å². The van der Waals surface area contributed by atoms with Gasteiger partial charge < -0.3 is 0 Å². The highest BCUT2D eigenvalue weighted by Gasteiger charge is 2.27. The van der Waals surface area contributed by atoms with Gasteiger partial charge in [-0.05, 0) is 18.9 Å². The Bertz CT molecular complexity index is 497. The first kappa shape index (κ1) is 7.74. The SMILES string of the molecule is O=Cc1ccc2c(C3CC3)[nH]nc2c1. The number of aromatic amines is 1. The van der Waals surface area contributed by atoms with Gasteiger partial charge in [0.25, 0.3) is 0 Å². The number of carbonyl (C=O) groups is 1. The maximum atomic E-state index is 10.6. The van der Waals surface area contributed by atoms with Crippen molar-refractivity contribution < 1.29 is 4.79 Å². The first-order chi connectivity index (χ1) is 6.88. The number of nitrogens with one attached hydrogen (secondary N) is 1.